The summed E-state index contributed by atoms with van der Waals surface area (Å²) >= 11 is 0. The predicted molar refractivity (Wildman–Crippen MR) is 95.1 cm³/mol. The molecule has 1 N–H and O–H groups in total. The van der Waals surface area contributed by atoms with E-state index in [9.17, 15) is 4.79 Å². The van der Waals surface area contributed by atoms with E-state index in [1.165, 1.54) is 27.5 Å². The van der Waals surface area contributed by atoms with Crippen LogP contribution in [0.3, 0.4) is 0 Å². The summed E-state index contributed by atoms with van der Waals surface area (Å²) in [4.78, 5) is 22.8. The third-order valence-electron chi connectivity index (χ3n) is 3.53. The largest absolute Gasteiger partial charge is 0.493 e. The molecule has 0 radical (unpaired) electrons. The summed E-state index contributed by atoms with van der Waals surface area (Å²) in [5.41, 5.74) is 1.48. The summed E-state index contributed by atoms with van der Waals surface area (Å²) in [6, 6.07) is 3.31. The summed E-state index contributed by atoms with van der Waals surface area (Å²) in [5.74, 6) is 1.58. The first-order valence-corrected chi connectivity index (χ1v) is 7.53. The fourth-order valence-corrected chi connectivity index (χ4v) is 2.24. The fourth-order valence-electron chi connectivity index (χ4n) is 2.24. The normalized spacial score (nSPS) is 10.2. The lowest BCUT2D eigenvalue weighted by molar-refractivity contribution is 0.102. The number of carbonyl (C=O) groups excluding carboxylic acids is 1. The van der Waals surface area contributed by atoms with Gasteiger partial charge in [-0.2, -0.15) is 0 Å². The van der Waals surface area contributed by atoms with E-state index in [0.717, 1.165) is 0 Å². The topological polar surface area (TPSA) is 85.8 Å². The molecule has 134 valence electrons. The van der Waals surface area contributed by atoms with E-state index in [0.29, 0.717) is 40.1 Å². The molecule has 2 rings (SSSR count). The maximum absolute atomic E-state index is 12.6. The van der Waals surface area contributed by atoms with Gasteiger partial charge in [-0.1, -0.05) is 0 Å². The van der Waals surface area contributed by atoms with Crippen LogP contribution in [0.1, 0.15) is 16.1 Å². The number of nitrogens with zero attached hydrogens (tertiary/aromatic N) is 3. The van der Waals surface area contributed by atoms with E-state index in [1.54, 1.807) is 24.0 Å². The highest BCUT2D eigenvalue weighted by Crippen LogP contribution is 2.40. The molecule has 0 saturated heterocycles. The smallest absolute Gasteiger partial charge is 0.259 e. The van der Waals surface area contributed by atoms with Crippen LogP contribution in [0, 0.1) is 6.92 Å². The molecule has 1 aromatic heterocycles. The summed E-state index contributed by atoms with van der Waals surface area (Å²) < 4.78 is 15.8. The lowest BCUT2D eigenvalue weighted by Gasteiger charge is -2.15. The maximum atomic E-state index is 12.6. The Hall–Kier alpha value is -3.03. The zero-order valence-electron chi connectivity index (χ0n) is 15.2. The molecule has 0 atom stereocenters. The van der Waals surface area contributed by atoms with Gasteiger partial charge >= 0.3 is 0 Å². The second-order valence-corrected chi connectivity index (χ2v) is 5.43. The van der Waals surface area contributed by atoms with Crippen LogP contribution in [0.5, 0.6) is 17.2 Å². The Morgan fingerprint density at radius 2 is 1.68 bits per heavy atom. The number of aromatic nitrogens is 2. The highest BCUT2D eigenvalue weighted by Gasteiger charge is 2.17. The number of hydrogen-bond donors (Lipinski definition) is 1. The van der Waals surface area contributed by atoms with Crippen molar-refractivity contribution in [2.75, 3.05) is 45.6 Å². The third kappa shape index (κ3) is 3.90. The molecule has 2 aromatic rings. The summed E-state index contributed by atoms with van der Waals surface area (Å²) in [6.07, 6.45) is 1.50. The number of hydrogen-bond acceptors (Lipinski definition) is 7. The lowest BCUT2D eigenvalue weighted by atomic mass is 10.2. The Kier molecular flexibility index (Phi) is 5.63. The average Bonchev–Trinajstić information content (AvgIpc) is 2.60. The standard InChI is InChI=1S/C17H22N4O4/c1-10-12(9-18-17(19-10)21(2)3)16(22)20-11-7-13(23-4)15(25-6)14(8-11)24-5/h7-9H,1-6H3,(H,20,22). The highest BCUT2D eigenvalue weighted by atomic mass is 16.5. The molecule has 0 aliphatic heterocycles. The van der Waals surface area contributed by atoms with Crippen molar-refractivity contribution in [2.24, 2.45) is 0 Å². The van der Waals surface area contributed by atoms with Crippen LogP contribution in [-0.4, -0.2) is 51.3 Å². The fraction of sp³-hybridized carbons (Fsp3) is 0.353. The summed E-state index contributed by atoms with van der Waals surface area (Å²) in [7, 11) is 8.22. The summed E-state index contributed by atoms with van der Waals surface area (Å²) in [5, 5.41) is 2.80. The molecule has 1 aromatic carbocycles. The van der Waals surface area contributed by atoms with Crippen LogP contribution in [0.4, 0.5) is 11.6 Å². The molecule has 0 bridgehead atoms. The second-order valence-electron chi connectivity index (χ2n) is 5.43. The van der Waals surface area contributed by atoms with Gasteiger partial charge in [0.05, 0.1) is 32.6 Å². The summed E-state index contributed by atoms with van der Waals surface area (Å²) in [6.45, 7) is 1.76. The number of rotatable bonds is 6. The SMILES string of the molecule is COc1cc(NC(=O)c2cnc(N(C)C)nc2C)cc(OC)c1OC. The zero-order valence-corrected chi connectivity index (χ0v) is 15.2. The van der Waals surface area contributed by atoms with Crippen molar-refractivity contribution in [3.8, 4) is 17.2 Å². The van der Waals surface area contributed by atoms with Crippen molar-refractivity contribution < 1.29 is 19.0 Å². The quantitative estimate of drug-likeness (QED) is 0.857. The number of aryl methyl sites for hydroxylation is 1. The number of anilines is 2. The van der Waals surface area contributed by atoms with Crippen LogP contribution in [0.15, 0.2) is 18.3 Å². The number of methoxy groups -OCH3 is 3. The van der Waals surface area contributed by atoms with Crippen LogP contribution in [0.2, 0.25) is 0 Å². The molecule has 1 heterocycles. The maximum Gasteiger partial charge on any atom is 0.259 e. The van der Waals surface area contributed by atoms with Crippen LogP contribution < -0.4 is 24.4 Å². The van der Waals surface area contributed by atoms with Gasteiger partial charge in [-0.3, -0.25) is 4.79 Å². The second kappa shape index (κ2) is 7.69. The number of nitrogens with one attached hydrogen (secondary N) is 1. The lowest BCUT2D eigenvalue weighted by Crippen LogP contribution is -2.18. The van der Waals surface area contributed by atoms with Crippen LogP contribution >= 0.6 is 0 Å². The van der Waals surface area contributed by atoms with Crippen molar-refractivity contribution in [1.82, 2.24) is 9.97 Å². The highest BCUT2D eigenvalue weighted by molar-refractivity contribution is 6.05. The Labute approximate surface area is 146 Å². The number of carbonyl (C=O) groups is 1. The molecule has 8 heteroatoms. The molecule has 0 fully saturated rings. The van der Waals surface area contributed by atoms with Gasteiger partial charge in [-0.15, -0.1) is 0 Å². The Morgan fingerprint density at radius 1 is 1.08 bits per heavy atom. The van der Waals surface area contributed by atoms with Gasteiger partial charge in [0.2, 0.25) is 11.7 Å². The number of benzene rings is 1. The first-order valence-electron chi connectivity index (χ1n) is 7.53. The van der Waals surface area contributed by atoms with E-state index >= 15 is 0 Å². The van der Waals surface area contributed by atoms with Crippen LogP contribution in [0.25, 0.3) is 0 Å². The van der Waals surface area contributed by atoms with Crippen molar-refractivity contribution in [3.05, 3.63) is 29.6 Å². The predicted octanol–water partition coefficient (Wildman–Crippen LogP) is 2.13. The van der Waals surface area contributed by atoms with E-state index in [-0.39, 0.29) is 5.91 Å². The van der Waals surface area contributed by atoms with Crippen molar-refractivity contribution in [3.63, 3.8) is 0 Å². The van der Waals surface area contributed by atoms with Crippen molar-refractivity contribution in [1.29, 1.82) is 0 Å². The van der Waals surface area contributed by atoms with Gasteiger partial charge in [0.15, 0.2) is 11.5 Å². The van der Waals surface area contributed by atoms with E-state index in [1.807, 2.05) is 14.1 Å². The van der Waals surface area contributed by atoms with E-state index in [2.05, 4.69) is 15.3 Å². The van der Waals surface area contributed by atoms with Crippen LogP contribution in [-0.2, 0) is 0 Å². The first-order chi connectivity index (χ1) is 11.9. The molecule has 0 aliphatic rings. The molecule has 0 unspecified atom stereocenters. The third-order valence-corrected chi connectivity index (χ3v) is 3.53. The molecular weight excluding hydrogens is 324 g/mol. The Bertz CT molecular complexity index is 752. The molecule has 8 nitrogen and oxygen atoms in total. The molecule has 0 aliphatic carbocycles. The van der Waals surface area contributed by atoms with Gasteiger partial charge < -0.3 is 24.4 Å². The van der Waals surface area contributed by atoms with Gasteiger partial charge in [-0.05, 0) is 6.92 Å². The molecule has 25 heavy (non-hydrogen) atoms. The van der Waals surface area contributed by atoms with Crippen molar-refractivity contribution in [2.45, 2.75) is 6.92 Å². The Morgan fingerprint density at radius 3 is 2.12 bits per heavy atom. The zero-order chi connectivity index (χ0) is 18.6. The number of amides is 1. The van der Waals surface area contributed by atoms with Crippen molar-refractivity contribution >= 4 is 17.5 Å². The molecular formula is C17H22N4O4. The van der Waals surface area contributed by atoms with E-state index in [4.69, 9.17) is 14.2 Å². The van der Waals surface area contributed by atoms with Gasteiger partial charge in [0, 0.05) is 38.1 Å². The van der Waals surface area contributed by atoms with Gasteiger partial charge in [-0.25, -0.2) is 9.97 Å². The monoisotopic (exact) mass is 346 g/mol. The minimum atomic E-state index is -0.322. The van der Waals surface area contributed by atoms with Gasteiger partial charge in [0.1, 0.15) is 0 Å². The first kappa shape index (κ1) is 18.3. The number of ether oxygens (including phenoxy) is 3. The minimum absolute atomic E-state index is 0.322. The van der Waals surface area contributed by atoms with Gasteiger partial charge in [0.25, 0.3) is 5.91 Å². The minimum Gasteiger partial charge on any atom is -0.493 e. The molecule has 0 spiro atoms. The average molecular weight is 346 g/mol. The van der Waals surface area contributed by atoms with E-state index < -0.39 is 0 Å². The molecule has 0 saturated carbocycles. The Balaban J connectivity index is 2.32. The molecule has 1 amide bonds.